The largest absolute Gasteiger partial charge is 0.333 e. The standard InChI is InChI=1S/C14H23N3O/c1-5-14(4,15)13(18)17(11(2)3)10-12-8-6-7-9-16-12/h6-9,11H,5,10,15H2,1-4H3. The average molecular weight is 249 g/mol. The molecule has 18 heavy (non-hydrogen) atoms. The van der Waals surface area contributed by atoms with E-state index in [1.807, 2.05) is 39.0 Å². The normalized spacial score (nSPS) is 14.3. The van der Waals surface area contributed by atoms with Crippen molar-refractivity contribution in [3.63, 3.8) is 0 Å². The first-order valence-electron chi connectivity index (χ1n) is 6.38. The van der Waals surface area contributed by atoms with Gasteiger partial charge < -0.3 is 10.6 Å². The number of nitrogens with zero attached hydrogens (tertiary/aromatic N) is 2. The highest BCUT2D eigenvalue weighted by atomic mass is 16.2. The molecule has 2 N–H and O–H groups in total. The van der Waals surface area contributed by atoms with Crippen LogP contribution in [0.2, 0.25) is 0 Å². The van der Waals surface area contributed by atoms with Gasteiger partial charge in [-0.3, -0.25) is 9.78 Å². The topological polar surface area (TPSA) is 59.2 Å². The van der Waals surface area contributed by atoms with Crippen LogP contribution in [0.25, 0.3) is 0 Å². The number of aromatic nitrogens is 1. The molecule has 0 saturated heterocycles. The Balaban J connectivity index is 2.88. The van der Waals surface area contributed by atoms with Crippen LogP contribution in [-0.4, -0.2) is 27.4 Å². The summed E-state index contributed by atoms with van der Waals surface area (Å²) in [6.07, 6.45) is 2.36. The smallest absolute Gasteiger partial charge is 0.242 e. The molecule has 0 aromatic carbocycles. The molecule has 1 heterocycles. The van der Waals surface area contributed by atoms with E-state index in [0.29, 0.717) is 13.0 Å². The van der Waals surface area contributed by atoms with Crippen molar-refractivity contribution in [3.8, 4) is 0 Å². The van der Waals surface area contributed by atoms with Crippen molar-refractivity contribution < 1.29 is 4.79 Å². The second kappa shape index (κ2) is 5.96. The number of hydrogen-bond donors (Lipinski definition) is 1. The molecule has 1 amide bonds. The lowest BCUT2D eigenvalue weighted by atomic mass is 9.97. The van der Waals surface area contributed by atoms with Crippen molar-refractivity contribution in [3.05, 3.63) is 30.1 Å². The fourth-order valence-electron chi connectivity index (χ4n) is 1.63. The lowest BCUT2D eigenvalue weighted by molar-refractivity contribution is -0.139. The highest BCUT2D eigenvalue weighted by molar-refractivity contribution is 5.85. The van der Waals surface area contributed by atoms with Crippen molar-refractivity contribution >= 4 is 5.91 Å². The first-order valence-corrected chi connectivity index (χ1v) is 6.38. The van der Waals surface area contributed by atoms with Crippen LogP contribution in [0, 0.1) is 0 Å². The van der Waals surface area contributed by atoms with E-state index in [4.69, 9.17) is 5.73 Å². The third kappa shape index (κ3) is 3.53. The number of carbonyl (C=O) groups is 1. The van der Waals surface area contributed by atoms with Gasteiger partial charge in [0, 0.05) is 12.2 Å². The van der Waals surface area contributed by atoms with Gasteiger partial charge in [-0.15, -0.1) is 0 Å². The second-order valence-electron chi connectivity index (χ2n) is 5.12. The van der Waals surface area contributed by atoms with Gasteiger partial charge in [0.15, 0.2) is 0 Å². The summed E-state index contributed by atoms with van der Waals surface area (Å²) in [4.78, 5) is 18.5. The Kier molecular flexibility index (Phi) is 4.84. The predicted octanol–water partition coefficient (Wildman–Crippen LogP) is 1.95. The molecule has 0 spiro atoms. The Labute approximate surface area is 109 Å². The Morgan fingerprint density at radius 1 is 1.50 bits per heavy atom. The molecule has 1 aromatic rings. The molecule has 0 fully saturated rings. The quantitative estimate of drug-likeness (QED) is 0.867. The Hall–Kier alpha value is -1.42. The molecule has 0 aliphatic carbocycles. The molecule has 0 aliphatic heterocycles. The van der Waals surface area contributed by atoms with Crippen LogP contribution in [0.1, 0.15) is 39.8 Å². The van der Waals surface area contributed by atoms with Crippen LogP contribution < -0.4 is 5.73 Å². The number of amides is 1. The molecule has 4 nitrogen and oxygen atoms in total. The maximum atomic E-state index is 12.4. The minimum atomic E-state index is -0.806. The van der Waals surface area contributed by atoms with Crippen molar-refractivity contribution in [1.29, 1.82) is 0 Å². The van der Waals surface area contributed by atoms with Gasteiger partial charge in [-0.2, -0.15) is 0 Å². The summed E-state index contributed by atoms with van der Waals surface area (Å²) >= 11 is 0. The lowest BCUT2D eigenvalue weighted by Gasteiger charge is -2.33. The molecular formula is C14H23N3O. The van der Waals surface area contributed by atoms with Crippen molar-refractivity contribution in [1.82, 2.24) is 9.88 Å². The highest BCUT2D eigenvalue weighted by Crippen LogP contribution is 2.15. The van der Waals surface area contributed by atoms with E-state index in [-0.39, 0.29) is 11.9 Å². The maximum Gasteiger partial charge on any atom is 0.242 e. The van der Waals surface area contributed by atoms with Gasteiger partial charge in [0.05, 0.1) is 17.8 Å². The van der Waals surface area contributed by atoms with E-state index in [0.717, 1.165) is 5.69 Å². The Morgan fingerprint density at radius 2 is 2.17 bits per heavy atom. The zero-order valence-electron chi connectivity index (χ0n) is 11.7. The number of carbonyl (C=O) groups excluding carboxylic acids is 1. The molecule has 1 unspecified atom stereocenters. The van der Waals surface area contributed by atoms with E-state index >= 15 is 0 Å². The van der Waals surface area contributed by atoms with Gasteiger partial charge in [0.25, 0.3) is 0 Å². The summed E-state index contributed by atoms with van der Waals surface area (Å²) in [6, 6.07) is 5.81. The fourth-order valence-corrected chi connectivity index (χ4v) is 1.63. The summed E-state index contributed by atoms with van der Waals surface area (Å²) in [6.45, 7) is 8.20. The second-order valence-corrected chi connectivity index (χ2v) is 5.12. The summed E-state index contributed by atoms with van der Waals surface area (Å²) in [7, 11) is 0. The maximum absolute atomic E-state index is 12.4. The van der Waals surface area contributed by atoms with Gasteiger partial charge in [-0.25, -0.2) is 0 Å². The summed E-state index contributed by atoms with van der Waals surface area (Å²) in [5.41, 5.74) is 6.11. The molecule has 1 atom stereocenters. The monoisotopic (exact) mass is 249 g/mol. The molecule has 4 heteroatoms. The van der Waals surface area contributed by atoms with E-state index < -0.39 is 5.54 Å². The Bertz CT molecular complexity index is 387. The average Bonchev–Trinajstić information content (AvgIpc) is 2.36. The Morgan fingerprint density at radius 3 is 2.61 bits per heavy atom. The molecule has 1 aromatic heterocycles. The van der Waals surface area contributed by atoms with E-state index in [2.05, 4.69) is 4.98 Å². The van der Waals surface area contributed by atoms with Crippen LogP contribution in [0.5, 0.6) is 0 Å². The lowest BCUT2D eigenvalue weighted by Crippen LogP contribution is -2.54. The third-order valence-corrected chi connectivity index (χ3v) is 3.17. The number of nitrogens with two attached hydrogens (primary N) is 1. The summed E-state index contributed by atoms with van der Waals surface area (Å²) in [5, 5.41) is 0. The van der Waals surface area contributed by atoms with Crippen LogP contribution in [0.15, 0.2) is 24.4 Å². The molecular weight excluding hydrogens is 226 g/mol. The van der Waals surface area contributed by atoms with Crippen LogP contribution in [-0.2, 0) is 11.3 Å². The molecule has 100 valence electrons. The number of hydrogen-bond acceptors (Lipinski definition) is 3. The first kappa shape index (κ1) is 14.6. The predicted molar refractivity (Wildman–Crippen MR) is 72.8 cm³/mol. The SMILES string of the molecule is CCC(C)(N)C(=O)N(Cc1ccccn1)C(C)C. The minimum absolute atomic E-state index is 0.0225. The molecule has 0 bridgehead atoms. The first-order chi connectivity index (χ1) is 8.38. The van der Waals surface area contributed by atoms with E-state index in [1.165, 1.54) is 0 Å². The van der Waals surface area contributed by atoms with Gasteiger partial charge in [0.2, 0.25) is 5.91 Å². The van der Waals surface area contributed by atoms with Gasteiger partial charge in [-0.1, -0.05) is 13.0 Å². The van der Waals surface area contributed by atoms with Crippen LogP contribution in [0.4, 0.5) is 0 Å². The zero-order valence-corrected chi connectivity index (χ0v) is 11.7. The van der Waals surface area contributed by atoms with Crippen LogP contribution in [0.3, 0.4) is 0 Å². The number of pyridine rings is 1. The van der Waals surface area contributed by atoms with Crippen LogP contribution >= 0.6 is 0 Å². The van der Waals surface area contributed by atoms with Gasteiger partial charge in [-0.05, 0) is 39.3 Å². The van der Waals surface area contributed by atoms with Crippen molar-refractivity contribution in [2.45, 2.75) is 52.2 Å². The van der Waals surface area contributed by atoms with Gasteiger partial charge >= 0.3 is 0 Å². The number of rotatable bonds is 5. The van der Waals surface area contributed by atoms with Gasteiger partial charge in [0.1, 0.15) is 0 Å². The van der Waals surface area contributed by atoms with Crippen molar-refractivity contribution in [2.75, 3.05) is 0 Å². The van der Waals surface area contributed by atoms with Crippen molar-refractivity contribution in [2.24, 2.45) is 5.73 Å². The zero-order chi connectivity index (χ0) is 13.8. The summed E-state index contributed by atoms with van der Waals surface area (Å²) in [5.74, 6) is -0.0225. The van der Waals surface area contributed by atoms with E-state index in [1.54, 1.807) is 18.0 Å². The molecule has 0 saturated carbocycles. The van der Waals surface area contributed by atoms with E-state index in [9.17, 15) is 4.79 Å². The third-order valence-electron chi connectivity index (χ3n) is 3.17. The molecule has 1 rings (SSSR count). The minimum Gasteiger partial charge on any atom is -0.333 e. The summed E-state index contributed by atoms with van der Waals surface area (Å²) < 4.78 is 0. The molecule has 0 aliphatic rings. The highest BCUT2D eigenvalue weighted by Gasteiger charge is 2.32. The molecule has 0 radical (unpaired) electrons. The fraction of sp³-hybridized carbons (Fsp3) is 0.571.